The molecule has 3 N–H and O–H groups in total. The number of nitrogens with one attached hydrogen (secondary N) is 1. The van der Waals surface area contributed by atoms with Crippen LogP contribution in [0.1, 0.15) is 361 Å². The average molecular weight is 989 g/mol. The molecule has 6 nitrogen and oxygen atoms in total. The van der Waals surface area contributed by atoms with Crippen LogP contribution in [0.4, 0.5) is 0 Å². The van der Waals surface area contributed by atoms with Crippen molar-refractivity contribution in [2.75, 3.05) is 13.2 Å². The Morgan fingerprint density at radius 3 is 0.971 bits per heavy atom. The molecular weight excluding hydrogens is 863 g/mol. The maximum atomic E-state index is 12.4. The second-order valence-electron chi connectivity index (χ2n) is 22.1. The lowest BCUT2D eigenvalue weighted by molar-refractivity contribution is -0.143. The van der Waals surface area contributed by atoms with Crippen molar-refractivity contribution in [2.24, 2.45) is 0 Å². The van der Waals surface area contributed by atoms with Gasteiger partial charge in [0.15, 0.2) is 0 Å². The van der Waals surface area contributed by atoms with E-state index < -0.39 is 12.1 Å². The number of aliphatic hydroxyl groups is 2. The first-order valence-electron chi connectivity index (χ1n) is 32.0. The van der Waals surface area contributed by atoms with Crippen molar-refractivity contribution in [2.45, 2.75) is 373 Å². The van der Waals surface area contributed by atoms with Crippen LogP contribution in [-0.2, 0) is 14.3 Å². The fourth-order valence-corrected chi connectivity index (χ4v) is 10.2. The van der Waals surface area contributed by atoms with Crippen LogP contribution in [0.3, 0.4) is 0 Å². The highest BCUT2D eigenvalue weighted by atomic mass is 16.5. The SMILES string of the molecule is CCCCCCCCCC/C=C/C(O)C(CO)NC(=O)CCCCCCCCCCCCCCCCCCCCCCCCCCCCCCOC(=O)CCCCCCCCCCCCCCCCC. The lowest BCUT2D eigenvalue weighted by atomic mass is 10.0. The summed E-state index contributed by atoms with van der Waals surface area (Å²) in [4.78, 5) is 24.5. The topological polar surface area (TPSA) is 95.9 Å². The molecule has 0 spiro atoms. The summed E-state index contributed by atoms with van der Waals surface area (Å²) in [6, 6.07) is -0.622. The molecule has 0 bridgehead atoms. The van der Waals surface area contributed by atoms with Crippen LogP contribution in [0.2, 0.25) is 0 Å². The number of hydrogen-bond donors (Lipinski definition) is 3. The second-order valence-corrected chi connectivity index (χ2v) is 22.1. The summed E-state index contributed by atoms with van der Waals surface area (Å²) in [5.74, 6) is -0.0433. The number of aliphatic hydroxyl groups excluding tert-OH is 2. The largest absolute Gasteiger partial charge is 0.466 e. The molecule has 0 aliphatic heterocycles. The molecule has 0 rings (SSSR count). The second kappa shape index (κ2) is 60.2. The first-order valence-corrected chi connectivity index (χ1v) is 32.0. The summed E-state index contributed by atoms with van der Waals surface area (Å²) in [6.07, 6.45) is 72.8. The molecule has 416 valence electrons. The third kappa shape index (κ3) is 55.9. The van der Waals surface area contributed by atoms with Gasteiger partial charge >= 0.3 is 5.97 Å². The predicted octanol–water partition coefficient (Wildman–Crippen LogP) is 20.0. The van der Waals surface area contributed by atoms with Crippen molar-refractivity contribution in [1.82, 2.24) is 5.32 Å². The molecule has 1 amide bonds. The molecule has 0 aliphatic carbocycles. The van der Waals surface area contributed by atoms with Gasteiger partial charge in [0, 0.05) is 12.8 Å². The smallest absolute Gasteiger partial charge is 0.305 e. The van der Waals surface area contributed by atoms with Crippen LogP contribution in [0, 0.1) is 0 Å². The van der Waals surface area contributed by atoms with Crippen LogP contribution in [-0.4, -0.2) is 47.4 Å². The van der Waals surface area contributed by atoms with E-state index in [0.717, 1.165) is 38.5 Å². The molecule has 0 aromatic rings. The first-order chi connectivity index (χ1) is 34.5. The fourth-order valence-electron chi connectivity index (χ4n) is 10.2. The van der Waals surface area contributed by atoms with Gasteiger partial charge in [0.05, 0.1) is 25.4 Å². The summed E-state index contributed by atoms with van der Waals surface area (Å²) < 4.78 is 5.50. The number of ether oxygens (including phenoxy) is 1. The highest BCUT2D eigenvalue weighted by molar-refractivity contribution is 5.76. The molecule has 0 saturated heterocycles. The predicted molar refractivity (Wildman–Crippen MR) is 306 cm³/mol. The van der Waals surface area contributed by atoms with Crippen LogP contribution in [0.15, 0.2) is 12.2 Å². The lowest BCUT2D eigenvalue weighted by Gasteiger charge is -2.20. The lowest BCUT2D eigenvalue weighted by Crippen LogP contribution is -2.45. The fraction of sp³-hybridized carbons (Fsp3) is 0.938. The Kier molecular flexibility index (Phi) is 59.0. The summed E-state index contributed by atoms with van der Waals surface area (Å²) in [6.45, 7) is 4.91. The monoisotopic (exact) mass is 988 g/mol. The van der Waals surface area contributed by atoms with E-state index in [-0.39, 0.29) is 18.5 Å². The number of esters is 1. The zero-order valence-corrected chi connectivity index (χ0v) is 47.5. The Morgan fingerprint density at radius 2 is 0.657 bits per heavy atom. The zero-order valence-electron chi connectivity index (χ0n) is 47.5. The molecule has 70 heavy (non-hydrogen) atoms. The molecule has 0 fully saturated rings. The van der Waals surface area contributed by atoms with E-state index in [9.17, 15) is 19.8 Å². The number of carbonyl (C=O) groups is 2. The third-order valence-corrected chi connectivity index (χ3v) is 15.1. The van der Waals surface area contributed by atoms with Crippen LogP contribution < -0.4 is 5.32 Å². The molecule has 0 heterocycles. The van der Waals surface area contributed by atoms with E-state index in [4.69, 9.17) is 4.74 Å². The van der Waals surface area contributed by atoms with E-state index in [0.29, 0.717) is 19.4 Å². The molecule has 0 aromatic carbocycles. The van der Waals surface area contributed by atoms with Gasteiger partial charge in [0.1, 0.15) is 0 Å². The van der Waals surface area contributed by atoms with E-state index >= 15 is 0 Å². The van der Waals surface area contributed by atoms with Crippen molar-refractivity contribution >= 4 is 11.9 Å². The zero-order chi connectivity index (χ0) is 50.7. The number of hydrogen-bond acceptors (Lipinski definition) is 5. The minimum Gasteiger partial charge on any atom is -0.466 e. The number of carbonyl (C=O) groups excluding carboxylic acids is 2. The molecule has 6 heteroatoms. The maximum Gasteiger partial charge on any atom is 0.305 e. The van der Waals surface area contributed by atoms with Gasteiger partial charge < -0.3 is 20.3 Å². The Morgan fingerprint density at radius 1 is 0.386 bits per heavy atom. The van der Waals surface area contributed by atoms with Gasteiger partial charge in [0.2, 0.25) is 5.91 Å². The minimum atomic E-state index is -0.839. The van der Waals surface area contributed by atoms with Gasteiger partial charge in [0.25, 0.3) is 0 Å². The minimum absolute atomic E-state index is 0.0218. The molecular formula is C64H125NO5. The molecule has 0 saturated carbocycles. The first kappa shape index (κ1) is 68.6. The van der Waals surface area contributed by atoms with Gasteiger partial charge in [-0.05, 0) is 32.1 Å². The highest BCUT2D eigenvalue weighted by Gasteiger charge is 2.18. The molecule has 2 atom stereocenters. The standard InChI is InChI=1S/C64H125NO5/c1-3-5-7-9-11-13-15-16-31-35-38-42-46-50-54-58-64(69)70-59-55-51-47-43-39-36-33-30-28-26-24-22-20-18-17-19-21-23-25-27-29-32-34-37-41-45-49-53-57-63(68)65-61(60-66)62(67)56-52-48-44-40-14-12-10-8-6-4-2/h52,56,61-62,66-67H,3-51,53-55,57-60H2,1-2H3,(H,65,68)/b56-52+. The van der Waals surface area contributed by atoms with E-state index in [1.165, 1.54) is 295 Å². The van der Waals surface area contributed by atoms with Gasteiger partial charge in [-0.3, -0.25) is 9.59 Å². The number of unbranched alkanes of at least 4 members (excludes halogenated alkanes) is 49. The Bertz CT molecular complexity index is 1050. The normalized spacial score (nSPS) is 12.6. The summed E-state index contributed by atoms with van der Waals surface area (Å²) >= 11 is 0. The summed E-state index contributed by atoms with van der Waals surface area (Å²) in [5, 5.41) is 23.0. The number of rotatable bonds is 60. The van der Waals surface area contributed by atoms with Crippen LogP contribution in [0.5, 0.6) is 0 Å². The van der Waals surface area contributed by atoms with Crippen molar-refractivity contribution in [3.8, 4) is 0 Å². The molecule has 0 aliphatic rings. The van der Waals surface area contributed by atoms with Crippen molar-refractivity contribution in [3.63, 3.8) is 0 Å². The van der Waals surface area contributed by atoms with Gasteiger partial charge in [-0.15, -0.1) is 0 Å². The van der Waals surface area contributed by atoms with E-state index in [1.54, 1.807) is 6.08 Å². The number of allylic oxidation sites excluding steroid dienone is 1. The van der Waals surface area contributed by atoms with Crippen LogP contribution in [0.25, 0.3) is 0 Å². The maximum absolute atomic E-state index is 12.4. The van der Waals surface area contributed by atoms with Crippen LogP contribution >= 0.6 is 0 Å². The molecule has 0 radical (unpaired) electrons. The summed E-state index contributed by atoms with van der Waals surface area (Å²) in [7, 11) is 0. The highest BCUT2D eigenvalue weighted by Crippen LogP contribution is 2.18. The Labute approximate surface area is 438 Å². The van der Waals surface area contributed by atoms with Crippen molar-refractivity contribution in [1.29, 1.82) is 0 Å². The van der Waals surface area contributed by atoms with Crippen molar-refractivity contribution < 1.29 is 24.5 Å². The Balaban J connectivity index is 3.31. The van der Waals surface area contributed by atoms with Gasteiger partial charge in [-0.2, -0.15) is 0 Å². The van der Waals surface area contributed by atoms with Crippen molar-refractivity contribution in [3.05, 3.63) is 12.2 Å². The average Bonchev–Trinajstić information content (AvgIpc) is 3.36. The quantitative estimate of drug-likeness (QED) is 0.0321. The Hall–Kier alpha value is -1.40. The third-order valence-electron chi connectivity index (χ3n) is 15.1. The number of amides is 1. The van der Waals surface area contributed by atoms with E-state index in [1.807, 2.05) is 6.08 Å². The molecule has 2 unspecified atom stereocenters. The molecule has 0 aromatic heterocycles. The summed E-state index contributed by atoms with van der Waals surface area (Å²) in [5.41, 5.74) is 0. The van der Waals surface area contributed by atoms with E-state index in [2.05, 4.69) is 19.2 Å². The van der Waals surface area contributed by atoms with Gasteiger partial charge in [-0.1, -0.05) is 328 Å². The van der Waals surface area contributed by atoms with Gasteiger partial charge in [-0.25, -0.2) is 0 Å².